The van der Waals surface area contributed by atoms with E-state index in [2.05, 4.69) is 45.7 Å². The lowest BCUT2D eigenvalue weighted by molar-refractivity contribution is 0.236. The molecule has 100 valence electrons. The van der Waals surface area contributed by atoms with Crippen LogP contribution < -0.4 is 0 Å². The second kappa shape index (κ2) is 6.14. The number of halogens is 3. The quantitative estimate of drug-likeness (QED) is 0.477. The normalized spacial score (nSPS) is 15.1. The molecule has 0 aromatic rings. The fraction of sp³-hybridized carbons (Fsp3) is 0.818. The molecule has 0 saturated carbocycles. The zero-order chi connectivity index (χ0) is 13.9. The van der Waals surface area contributed by atoms with Gasteiger partial charge in [-0.05, 0) is 18.1 Å². The topological polar surface area (TPSA) is 29.5 Å². The van der Waals surface area contributed by atoms with E-state index < -0.39 is 18.2 Å². The highest BCUT2D eigenvalue weighted by Crippen LogP contribution is 2.36. The van der Waals surface area contributed by atoms with E-state index in [0.29, 0.717) is 0 Å². The van der Waals surface area contributed by atoms with Crippen molar-refractivity contribution < 1.29 is 9.53 Å². The molecule has 1 N–H and O–H groups in total. The van der Waals surface area contributed by atoms with Gasteiger partial charge >= 0.3 is 0 Å². The highest BCUT2D eigenvalue weighted by Gasteiger charge is 2.36. The predicted octanol–water partition coefficient (Wildman–Crippen LogP) is 3.74. The van der Waals surface area contributed by atoms with E-state index in [1.165, 1.54) is 0 Å². The van der Waals surface area contributed by atoms with E-state index >= 15 is 0 Å². The Morgan fingerprint density at radius 3 is 2.06 bits per heavy atom. The van der Waals surface area contributed by atoms with Gasteiger partial charge in [-0.3, -0.25) is 0 Å². The minimum Gasteiger partial charge on any atom is -0.406 e. The van der Waals surface area contributed by atoms with Gasteiger partial charge in [-0.2, -0.15) is 0 Å². The van der Waals surface area contributed by atoms with Crippen LogP contribution in [0.2, 0.25) is 18.1 Å². The molecule has 0 rings (SSSR count). The molecule has 0 aromatic carbocycles. The highest BCUT2D eigenvalue weighted by atomic mass is 35.6. The van der Waals surface area contributed by atoms with Crippen LogP contribution in [0.5, 0.6) is 0 Å². The minimum absolute atomic E-state index is 0.127. The van der Waals surface area contributed by atoms with Crippen LogP contribution in [0.3, 0.4) is 0 Å². The summed E-state index contributed by atoms with van der Waals surface area (Å²) in [5.41, 5.74) is 0. The standard InChI is InChI=1S/C11H19Cl3O2Si/c1-10(2,3)17(4,5)16-8-6-7-9(15)11(12,13)14/h9,15H,8H2,1-5H3. The minimum atomic E-state index is -1.81. The zero-order valence-corrected chi connectivity index (χ0v) is 14.0. The van der Waals surface area contributed by atoms with E-state index in [1.54, 1.807) is 0 Å². The van der Waals surface area contributed by atoms with Crippen molar-refractivity contribution in [3.05, 3.63) is 0 Å². The summed E-state index contributed by atoms with van der Waals surface area (Å²) < 4.78 is 4.01. The van der Waals surface area contributed by atoms with Crippen molar-refractivity contribution in [1.82, 2.24) is 0 Å². The van der Waals surface area contributed by atoms with Crippen molar-refractivity contribution in [2.45, 2.75) is 48.8 Å². The molecular formula is C11H19Cl3O2Si. The molecule has 0 aromatic heterocycles. The maximum atomic E-state index is 9.36. The van der Waals surface area contributed by atoms with Gasteiger partial charge in [0.1, 0.15) is 0 Å². The molecule has 0 heterocycles. The molecule has 0 saturated heterocycles. The second-order valence-electron chi connectivity index (χ2n) is 5.31. The van der Waals surface area contributed by atoms with Gasteiger partial charge < -0.3 is 9.53 Å². The predicted molar refractivity (Wildman–Crippen MR) is 77.2 cm³/mol. The Labute approximate surface area is 120 Å². The number of rotatable bonds is 2. The lowest BCUT2D eigenvalue weighted by Gasteiger charge is -2.35. The molecule has 2 nitrogen and oxygen atoms in total. The molecule has 1 atom stereocenters. The molecule has 0 fully saturated rings. The molecule has 1 unspecified atom stereocenters. The van der Waals surface area contributed by atoms with E-state index in [1.807, 2.05) is 0 Å². The van der Waals surface area contributed by atoms with Gasteiger partial charge in [-0.1, -0.05) is 67.4 Å². The van der Waals surface area contributed by atoms with Gasteiger partial charge in [0.2, 0.25) is 3.79 Å². The van der Waals surface area contributed by atoms with Crippen LogP contribution in [0.25, 0.3) is 0 Å². The first-order valence-corrected chi connectivity index (χ1v) is 9.29. The van der Waals surface area contributed by atoms with Gasteiger partial charge in [0, 0.05) is 0 Å². The van der Waals surface area contributed by atoms with Crippen molar-refractivity contribution in [3.63, 3.8) is 0 Å². The summed E-state index contributed by atoms with van der Waals surface area (Å²) in [7, 11) is -1.81. The van der Waals surface area contributed by atoms with Crippen LogP contribution in [0.4, 0.5) is 0 Å². The van der Waals surface area contributed by atoms with Crippen molar-refractivity contribution in [1.29, 1.82) is 0 Å². The summed E-state index contributed by atoms with van der Waals surface area (Å²) in [6.07, 6.45) is -1.30. The number of alkyl halides is 3. The molecule has 0 spiro atoms. The Morgan fingerprint density at radius 1 is 1.24 bits per heavy atom. The SMILES string of the molecule is CC(C)(C)[Si](C)(C)OCC#CC(O)C(Cl)(Cl)Cl. The number of hydrogen-bond acceptors (Lipinski definition) is 2. The van der Waals surface area contributed by atoms with Gasteiger partial charge in [0.15, 0.2) is 14.4 Å². The summed E-state index contributed by atoms with van der Waals surface area (Å²) in [4.78, 5) is 0. The maximum absolute atomic E-state index is 9.36. The molecule has 6 heteroatoms. The van der Waals surface area contributed by atoms with Crippen molar-refractivity contribution >= 4 is 43.1 Å². The Bertz CT molecular complexity index is 307. The number of hydrogen-bond donors (Lipinski definition) is 1. The van der Waals surface area contributed by atoms with Crippen LogP contribution in [0, 0.1) is 11.8 Å². The molecule has 0 aliphatic heterocycles. The average molecular weight is 318 g/mol. The van der Waals surface area contributed by atoms with Crippen molar-refractivity contribution in [2.75, 3.05) is 6.61 Å². The fourth-order valence-electron chi connectivity index (χ4n) is 0.653. The van der Waals surface area contributed by atoms with E-state index in [0.717, 1.165) is 0 Å². The van der Waals surface area contributed by atoms with Crippen LogP contribution in [0.15, 0.2) is 0 Å². The summed E-state index contributed by atoms with van der Waals surface area (Å²) in [6, 6.07) is 0. The van der Waals surface area contributed by atoms with Crippen molar-refractivity contribution in [3.8, 4) is 11.8 Å². The smallest absolute Gasteiger partial charge is 0.227 e. The third-order valence-electron chi connectivity index (χ3n) is 2.86. The molecule has 0 radical (unpaired) electrons. The van der Waals surface area contributed by atoms with Crippen LogP contribution >= 0.6 is 34.8 Å². The Kier molecular flexibility index (Phi) is 6.35. The maximum Gasteiger partial charge on any atom is 0.227 e. The molecule has 17 heavy (non-hydrogen) atoms. The van der Waals surface area contributed by atoms with Crippen LogP contribution in [-0.2, 0) is 4.43 Å². The lowest BCUT2D eigenvalue weighted by atomic mass is 10.2. The second-order valence-corrected chi connectivity index (χ2v) is 12.5. The molecular weight excluding hydrogens is 299 g/mol. The van der Waals surface area contributed by atoms with Gasteiger partial charge in [-0.25, -0.2) is 0 Å². The average Bonchev–Trinajstić information content (AvgIpc) is 2.08. The van der Waals surface area contributed by atoms with Crippen molar-refractivity contribution in [2.24, 2.45) is 0 Å². The first-order chi connectivity index (χ1) is 7.38. The largest absolute Gasteiger partial charge is 0.406 e. The Balaban J connectivity index is 4.31. The van der Waals surface area contributed by atoms with Gasteiger partial charge in [-0.15, -0.1) is 0 Å². The Morgan fingerprint density at radius 2 is 1.71 bits per heavy atom. The monoisotopic (exact) mass is 316 g/mol. The molecule has 0 amide bonds. The number of aliphatic hydroxyl groups excluding tert-OH is 1. The molecule has 0 aliphatic carbocycles. The third-order valence-corrected chi connectivity index (χ3v) is 7.96. The zero-order valence-electron chi connectivity index (χ0n) is 10.8. The van der Waals surface area contributed by atoms with Crippen LogP contribution in [-0.4, -0.2) is 29.9 Å². The summed E-state index contributed by atoms with van der Waals surface area (Å²) >= 11 is 16.4. The first kappa shape index (κ1) is 17.6. The third kappa shape index (κ3) is 6.33. The van der Waals surface area contributed by atoms with Crippen LogP contribution in [0.1, 0.15) is 20.8 Å². The summed E-state index contributed by atoms with van der Waals surface area (Å²) in [5.74, 6) is 5.13. The van der Waals surface area contributed by atoms with Gasteiger partial charge in [0.05, 0.1) is 6.61 Å². The molecule has 0 bridgehead atoms. The van der Waals surface area contributed by atoms with Gasteiger partial charge in [0.25, 0.3) is 0 Å². The Hall–Kier alpha value is 0.567. The van der Waals surface area contributed by atoms with E-state index in [-0.39, 0.29) is 11.6 Å². The van der Waals surface area contributed by atoms with E-state index in [4.69, 9.17) is 39.2 Å². The highest BCUT2D eigenvalue weighted by molar-refractivity contribution is 6.74. The summed E-state index contributed by atoms with van der Waals surface area (Å²) in [6.45, 7) is 10.9. The number of aliphatic hydroxyl groups is 1. The van der Waals surface area contributed by atoms with E-state index in [9.17, 15) is 5.11 Å². The first-order valence-electron chi connectivity index (χ1n) is 5.25. The lowest BCUT2D eigenvalue weighted by Crippen LogP contribution is -2.40. The fourth-order valence-corrected chi connectivity index (χ4v) is 1.68. The molecule has 0 aliphatic rings. The summed E-state index contributed by atoms with van der Waals surface area (Å²) in [5, 5.41) is 9.49.